The molecular formula is C22H20N4O5S. The highest BCUT2D eigenvalue weighted by atomic mass is 32.2. The molecule has 1 amide bonds. The first kappa shape index (κ1) is 21.2. The molecule has 0 spiro atoms. The van der Waals surface area contributed by atoms with E-state index < -0.39 is 15.9 Å². The number of anilines is 1. The van der Waals surface area contributed by atoms with Crippen LogP contribution in [0, 0.1) is 0 Å². The molecule has 0 aliphatic heterocycles. The molecule has 4 aromatic rings. The van der Waals surface area contributed by atoms with Crippen molar-refractivity contribution in [2.24, 2.45) is 12.8 Å². The van der Waals surface area contributed by atoms with Crippen LogP contribution in [0.2, 0.25) is 0 Å². The van der Waals surface area contributed by atoms with Gasteiger partial charge in [-0.05, 0) is 24.3 Å². The number of rotatable bonds is 6. The number of ether oxygens (including phenoxy) is 1. The van der Waals surface area contributed by atoms with Gasteiger partial charge in [-0.25, -0.2) is 8.42 Å². The first-order chi connectivity index (χ1) is 15.1. The number of aromatic nitrogens is 2. The zero-order chi connectivity index (χ0) is 23.0. The molecule has 0 saturated carbocycles. The van der Waals surface area contributed by atoms with Crippen molar-refractivity contribution in [3.63, 3.8) is 0 Å². The third-order valence-corrected chi connectivity index (χ3v) is 5.38. The van der Waals surface area contributed by atoms with Gasteiger partial charge in [-0.3, -0.25) is 14.3 Å². The summed E-state index contributed by atoms with van der Waals surface area (Å²) in [5.41, 5.74) is 7.17. The summed E-state index contributed by atoms with van der Waals surface area (Å²) in [6, 6.07) is 15.3. The number of benzene rings is 2. The zero-order valence-electron chi connectivity index (χ0n) is 17.2. The number of carbonyl (C=O) groups is 1. The molecule has 0 aliphatic rings. The smallest absolute Gasteiger partial charge is 0.274 e. The minimum atomic E-state index is -3.43. The summed E-state index contributed by atoms with van der Waals surface area (Å²) in [7, 11) is -1.82. The molecule has 164 valence electrons. The molecule has 2 heterocycles. The molecule has 0 atom stereocenters. The second-order valence-electron chi connectivity index (χ2n) is 7.30. The Morgan fingerprint density at radius 3 is 2.56 bits per heavy atom. The van der Waals surface area contributed by atoms with Crippen LogP contribution in [0.25, 0.3) is 22.0 Å². The van der Waals surface area contributed by atoms with Gasteiger partial charge in [-0.15, -0.1) is 0 Å². The van der Waals surface area contributed by atoms with Gasteiger partial charge in [-0.1, -0.05) is 24.3 Å². The fourth-order valence-corrected chi connectivity index (χ4v) is 3.98. The number of aryl methyl sites for hydroxylation is 1. The molecule has 0 unspecified atom stereocenters. The minimum absolute atomic E-state index is 0.127. The Kier molecular flexibility index (Phi) is 5.23. The van der Waals surface area contributed by atoms with Crippen molar-refractivity contribution in [1.29, 1.82) is 0 Å². The highest BCUT2D eigenvalue weighted by Gasteiger charge is 2.17. The van der Waals surface area contributed by atoms with Gasteiger partial charge in [0.2, 0.25) is 10.0 Å². The maximum Gasteiger partial charge on any atom is 0.274 e. The monoisotopic (exact) mass is 452 g/mol. The normalized spacial score (nSPS) is 11.4. The van der Waals surface area contributed by atoms with Crippen LogP contribution in [-0.4, -0.2) is 30.1 Å². The number of primary amides is 1. The number of fused-ring (bicyclic) bond motifs is 1. The maximum atomic E-state index is 12.6. The second-order valence-corrected chi connectivity index (χ2v) is 9.04. The predicted molar refractivity (Wildman–Crippen MR) is 122 cm³/mol. The van der Waals surface area contributed by atoms with E-state index in [2.05, 4.69) is 9.71 Å². The highest BCUT2D eigenvalue weighted by Crippen LogP contribution is 2.37. The summed E-state index contributed by atoms with van der Waals surface area (Å²) >= 11 is 0. The van der Waals surface area contributed by atoms with Crippen LogP contribution in [0.4, 0.5) is 5.69 Å². The molecule has 4 N–H and O–H groups in total. The van der Waals surface area contributed by atoms with Crippen LogP contribution >= 0.6 is 0 Å². The molecule has 9 nitrogen and oxygen atoms in total. The van der Waals surface area contributed by atoms with Crippen molar-refractivity contribution < 1.29 is 17.9 Å². The molecule has 2 aromatic carbocycles. The quantitative estimate of drug-likeness (QED) is 0.413. The Balaban J connectivity index is 1.83. The number of carbonyl (C=O) groups excluding carboxylic acids is 1. The lowest BCUT2D eigenvalue weighted by Gasteiger charge is -2.14. The molecule has 0 aliphatic carbocycles. The Bertz CT molecular complexity index is 1520. The molecule has 2 aromatic heterocycles. The minimum Gasteiger partial charge on any atom is -0.457 e. The van der Waals surface area contributed by atoms with Gasteiger partial charge in [0.15, 0.2) is 0 Å². The van der Waals surface area contributed by atoms with Crippen LogP contribution in [0.3, 0.4) is 0 Å². The van der Waals surface area contributed by atoms with E-state index in [-0.39, 0.29) is 16.8 Å². The van der Waals surface area contributed by atoms with Crippen molar-refractivity contribution in [2.45, 2.75) is 0 Å². The highest BCUT2D eigenvalue weighted by molar-refractivity contribution is 7.92. The van der Waals surface area contributed by atoms with E-state index in [1.165, 1.54) is 4.57 Å². The lowest BCUT2D eigenvalue weighted by atomic mass is 10.0. The van der Waals surface area contributed by atoms with E-state index >= 15 is 0 Å². The molecular weight excluding hydrogens is 432 g/mol. The van der Waals surface area contributed by atoms with Gasteiger partial charge in [0, 0.05) is 35.8 Å². The maximum absolute atomic E-state index is 12.6. The fraction of sp³-hybridized carbons (Fsp3) is 0.0909. The molecule has 4 rings (SSSR count). The number of pyridine rings is 1. The average molecular weight is 452 g/mol. The topological polar surface area (TPSA) is 136 Å². The van der Waals surface area contributed by atoms with E-state index in [4.69, 9.17) is 10.5 Å². The van der Waals surface area contributed by atoms with Gasteiger partial charge < -0.3 is 20.0 Å². The Morgan fingerprint density at radius 1 is 1.09 bits per heavy atom. The molecule has 10 heteroatoms. The van der Waals surface area contributed by atoms with Gasteiger partial charge in [-0.2, -0.15) is 0 Å². The Hall–Kier alpha value is -4.05. The van der Waals surface area contributed by atoms with E-state index in [0.29, 0.717) is 33.7 Å². The molecule has 0 radical (unpaired) electrons. The number of H-pyrrole nitrogens is 1. The predicted octanol–water partition coefficient (Wildman–Crippen LogP) is 2.80. The number of para-hydroxylation sites is 1. The van der Waals surface area contributed by atoms with Crippen LogP contribution < -0.4 is 20.8 Å². The SMILES string of the molecule is Cn1cc(-c2ccccc2Oc2cccc(NS(C)(=O)=O)c2)c2cc(C(N)=O)[nH]c2c1=O. The molecule has 32 heavy (non-hydrogen) atoms. The van der Waals surface area contributed by atoms with Crippen molar-refractivity contribution in [3.8, 4) is 22.6 Å². The van der Waals surface area contributed by atoms with Crippen LogP contribution in [-0.2, 0) is 17.1 Å². The second kappa shape index (κ2) is 7.89. The number of nitrogens with zero attached hydrogens (tertiary/aromatic N) is 1. The van der Waals surface area contributed by atoms with E-state index in [9.17, 15) is 18.0 Å². The van der Waals surface area contributed by atoms with Gasteiger partial charge >= 0.3 is 0 Å². The van der Waals surface area contributed by atoms with Crippen LogP contribution in [0.1, 0.15) is 10.5 Å². The summed E-state index contributed by atoms with van der Waals surface area (Å²) in [6.45, 7) is 0. The van der Waals surface area contributed by atoms with Gasteiger partial charge in [0.1, 0.15) is 22.7 Å². The zero-order valence-corrected chi connectivity index (χ0v) is 18.1. The van der Waals surface area contributed by atoms with Crippen molar-refractivity contribution in [3.05, 3.63) is 76.8 Å². The number of hydrogen-bond acceptors (Lipinski definition) is 5. The lowest BCUT2D eigenvalue weighted by molar-refractivity contribution is 0.0996. The number of sulfonamides is 1. The summed E-state index contributed by atoms with van der Waals surface area (Å²) < 4.78 is 32.9. The van der Waals surface area contributed by atoms with Crippen LogP contribution in [0.15, 0.2) is 65.6 Å². The summed E-state index contributed by atoms with van der Waals surface area (Å²) in [4.78, 5) is 27.0. The standard InChI is InChI=1S/C22H20N4O5S/c1-26-12-17(16-11-18(21(23)27)24-20(16)22(26)28)15-8-3-4-9-19(15)31-14-7-5-6-13(10-14)25-32(2,29)30/h3-12,24-25H,1-2H3,(H2,23,27). The molecule has 0 saturated heterocycles. The van der Waals surface area contributed by atoms with Crippen molar-refractivity contribution >= 4 is 32.5 Å². The van der Waals surface area contributed by atoms with Gasteiger partial charge in [0.25, 0.3) is 11.5 Å². The summed E-state index contributed by atoms with van der Waals surface area (Å²) in [5.74, 6) is 0.221. The number of amides is 1. The molecule has 0 bridgehead atoms. The number of hydrogen-bond donors (Lipinski definition) is 3. The lowest BCUT2D eigenvalue weighted by Crippen LogP contribution is -2.17. The first-order valence-corrected chi connectivity index (χ1v) is 11.4. The Labute approximate surface area is 183 Å². The average Bonchev–Trinajstić information content (AvgIpc) is 3.16. The van der Waals surface area contributed by atoms with E-state index in [1.807, 2.05) is 12.1 Å². The van der Waals surface area contributed by atoms with Crippen molar-refractivity contribution in [1.82, 2.24) is 9.55 Å². The van der Waals surface area contributed by atoms with E-state index in [0.717, 1.165) is 6.26 Å². The molecule has 0 fully saturated rings. The fourth-order valence-electron chi connectivity index (χ4n) is 3.42. The summed E-state index contributed by atoms with van der Waals surface area (Å²) in [5, 5.41) is 0.533. The van der Waals surface area contributed by atoms with E-state index in [1.54, 1.807) is 55.7 Å². The summed E-state index contributed by atoms with van der Waals surface area (Å²) in [6.07, 6.45) is 2.73. The number of aromatic amines is 1. The first-order valence-electron chi connectivity index (χ1n) is 9.49. The third kappa shape index (κ3) is 4.21. The van der Waals surface area contributed by atoms with Crippen LogP contribution in [0.5, 0.6) is 11.5 Å². The Morgan fingerprint density at radius 2 is 1.84 bits per heavy atom. The van der Waals surface area contributed by atoms with Crippen molar-refractivity contribution in [2.75, 3.05) is 11.0 Å². The third-order valence-electron chi connectivity index (χ3n) is 4.77. The largest absolute Gasteiger partial charge is 0.457 e. The number of nitrogens with one attached hydrogen (secondary N) is 2. The number of nitrogens with two attached hydrogens (primary N) is 1. The van der Waals surface area contributed by atoms with Gasteiger partial charge in [0.05, 0.1) is 11.9 Å².